The SMILES string of the molecule is Nc1nc(-n2nccn2)c(CO)nc1C(=O)O. The summed E-state index contributed by atoms with van der Waals surface area (Å²) in [6.07, 6.45) is 2.81. The molecule has 0 amide bonds. The molecule has 0 saturated carbocycles. The second kappa shape index (κ2) is 4.14. The van der Waals surface area contributed by atoms with Gasteiger partial charge in [-0.25, -0.2) is 14.8 Å². The van der Waals surface area contributed by atoms with Crippen LogP contribution in [0.25, 0.3) is 5.82 Å². The Morgan fingerprint density at radius 1 is 1.35 bits per heavy atom. The molecule has 2 heterocycles. The topological polar surface area (TPSA) is 140 Å². The van der Waals surface area contributed by atoms with E-state index in [1.54, 1.807) is 0 Å². The van der Waals surface area contributed by atoms with Gasteiger partial charge in [0.25, 0.3) is 0 Å². The average Bonchev–Trinajstić information content (AvgIpc) is 2.81. The van der Waals surface area contributed by atoms with Crippen molar-refractivity contribution in [3.63, 3.8) is 0 Å². The normalized spacial score (nSPS) is 10.4. The third kappa shape index (κ3) is 1.90. The van der Waals surface area contributed by atoms with Crippen molar-refractivity contribution in [2.45, 2.75) is 6.61 Å². The highest BCUT2D eigenvalue weighted by Crippen LogP contribution is 2.13. The molecule has 17 heavy (non-hydrogen) atoms. The Balaban J connectivity index is 2.61. The van der Waals surface area contributed by atoms with Gasteiger partial charge >= 0.3 is 5.97 Å². The second-order valence-corrected chi connectivity index (χ2v) is 3.01. The number of hydrogen-bond acceptors (Lipinski definition) is 7. The van der Waals surface area contributed by atoms with Crippen LogP contribution in [0, 0.1) is 0 Å². The molecule has 0 spiro atoms. The molecule has 0 atom stereocenters. The third-order valence-corrected chi connectivity index (χ3v) is 1.93. The van der Waals surface area contributed by atoms with Gasteiger partial charge < -0.3 is 15.9 Å². The molecule has 0 aliphatic carbocycles. The average molecular weight is 236 g/mol. The molecule has 0 aromatic carbocycles. The van der Waals surface area contributed by atoms with Gasteiger partial charge in [0.05, 0.1) is 19.0 Å². The fraction of sp³-hybridized carbons (Fsp3) is 0.125. The number of nitrogens with zero attached hydrogens (tertiary/aromatic N) is 5. The first-order valence-electron chi connectivity index (χ1n) is 4.50. The lowest BCUT2D eigenvalue weighted by Crippen LogP contribution is -2.15. The minimum absolute atomic E-state index is 0.0350. The van der Waals surface area contributed by atoms with Crippen molar-refractivity contribution in [1.82, 2.24) is 25.0 Å². The maximum Gasteiger partial charge on any atom is 0.358 e. The molecule has 0 unspecified atom stereocenters. The molecule has 9 heteroatoms. The maximum atomic E-state index is 10.8. The van der Waals surface area contributed by atoms with E-state index in [2.05, 4.69) is 20.2 Å². The van der Waals surface area contributed by atoms with Crippen LogP contribution in [0.5, 0.6) is 0 Å². The van der Waals surface area contributed by atoms with Crippen molar-refractivity contribution < 1.29 is 15.0 Å². The maximum absolute atomic E-state index is 10.8. The summed E-state index contributed by atoms with van der Waals surface area (Å²) in [4.78, 5) is 19.4. The van der Waals surface area contributed by atoms with Gasteiger partial charge in [-0.3, -0.25) is 0 Å². The summed E-state index contributed by atoms with van der Waals surface area (Å²) in [6, 6.07) is 0. The molecule has 2 rings (SSSR count). The van der Waals surface area contributed by atoms with Gasteiger partial charge in [0.1, 0.15) is 5.69 Å². The van der Waals surface area contributed by atoms with Crippen molar-refractivity contribution in [2.75, 3.05) is 5.73 Å². The minimum atomic E-state index is -1.32. The van der Waals surface area contributed by atoms with Crippen molar-refractivity contribution >= 4 is 11.8 Å². The number of rotatable bonds is 3. The predicted molar refractivity (Wildman–Crippen MR) is 54.2 cm³/mol. The van der Waals surface area contributed by atoms with Crippen LogP contribution in [0.15, 0.2) is 12.4 Å². The summed E-state index contributed by atoms with van der Waals surface area (Å²) in [5.41, 5.74) is 5.07. The zero-order chi connectivity index (χ0) is 12.4. The Morgan fingerprint density at radius 3 is 2.53 bits per heavy atom. The van der Waals surface area contributed by atoms with Crippen molar-refractivity contribution in [3.05, 3.63) is 23.8 Å². The molecule has 0 radical (unpaired) electrons. The van der Waals surface area contributed by atoms with Gasteiger partial charge in [0.2, 0.25) is 5.82 Å². The number of anilines is 1. The molecular formula is C8H8N6O3. The van der Waals surface area contributed by atoms with E-state index in [1.807, 2.05) is 0 Å². The highest BCUT2D eigenvalue weighted by molar-refractivity contribution is 5.90. The number of carboxylic acid groups (broad SMARTS) is 1. The first-order valence-corrected chi connectivity index (χ1v) is 4.50. The zero-order valence-electron chi connectivity index (χ0n) is 8.48. The molecular weight excluding hydrogens is 228 g/mol. The number of aliphatic hydroxyl groups excluding tert-OH is 1. The number of hydrogen-bond donors (Lipinski definition) is 3. The van der Waals surface area contributed by atoms with E-state index in [4.69, 9.17) is 15.9 Å². The van der Waals surface area contributed by atoms with E-state index in [0.29, 0.717) is 0 Å². The molecule has 0 aliphatic heterocycles. The molecule has 0 bridgehead atoms. The van der Waals surface area contributed by atoms with Gasteiger partial charge in [-0.05, 0) is 0 Å². The minimum Gasteiger partial charge on any atom is -0.476 e. The molecule has 0 saturated heterocycles. The molecule has 9 nitrogen and oxygen atoms in total. The number of nitrogen functional groups attached to an aromatic ring is 1. The monoisotopic (exact) mass is 236 g/mol. The van der Waals surface area contributed by atoms with Crippen molar-refractivity contribution in [3.8, 4) is 5.82 Å². The molecule has 0 aliphatic rings. The predicted octanol–water partition coefficient (Wildman–Crippen LogP) is -1.17. The standard InChI is InChI=1S/C8H8N6O3/c9-6-5(8(16)17)12-4(3-15)7(13-6)14-10-1-2-11-14/h1-2,15H,3H2,(H2,9,13)(H,16,17). The number of nitrogens with two attached hydrogens (primary N) is 1. The van der Waals surface area contributed by atoms with E-state index >= 15 is 0 Å². The number of aromatic nitrogens is 5. The Labute approximate surface area is 94.5 Å². The van der Waals surface area contributed by atoms with Crippen LogP contribution in [0.2, 0.25) is 0 Å². The summed E-state index contributed by atoms with van der Waals surface area (Å²) in [5, 5.41) is 25.5. The molecule has 88 valence electrons. The third-order valence-electron chi connectivity index (χ3n) is 1.93. The number of carbonyl (C=O) groups is 1. The summed E-state index contributed by atoms with van der Waals surface area (Å²) in [7, 11) is 0. The smallest absolute Gasteiger partial charge is 0.358 e. The van der Waals surface area contributed by atoms with E-state index in [-0.39, 0.29) is 17.3 Å². The van der Waals surface area contributed by atoms with Crippen LogP contribution in [0.3, 0.4) is 0 Å². The molecule has 0 fully saturated rings. The van der Waals surface area contributed by atoms with Crippen LogP contribution >= 0.6 is 0 Å². The quantitative estimate of drug-likeness (QED) is 0.605. The molecule has 4 N–H and O–H groups in total. The largest absolute Gasteiger partial charge is 0.476 e. The summed E-state index contributed by atoms with van der Waals surface area (Å²) >= 11 is 0. The highest BCUT2D eigenvalue weighted by Gasteiger charge is 2.18. The van der Waals surface area contributed by atoms with Gasteiger partial charge in [-0.15, -0.1) is 4.80 Å². The van der Waals surface area contributed by atoms with Crippen LogP contribution in [-0.4, -0.2) is 41.1 Å². The lowest BCUT2D eigenvalue weighted by molar-refractivity contribution is 0.0690. The van der Waals surface area contributed by atoms with E-state index in [0.717, 1.165) is 4.80 Å². The van der Waals surface area contributed by atoms with E-state index < -0.39 is 18.3 Å². The second-order valence-electron chi connectivity index (χ2n) is 3.01. The number of aliphatic hydroxyl groups is 1. The van der Waals surface area contributed by atoms with Gasteiger partial charge in [-0.1, -0.05) is 0 Å². The number of aromatic carboxylic acids is 1. The first-order chi connectivity index (χ1) is 8.13. The summed E-state index contributed by atoms with van der Waals surface area (Å²) in [5.74, 6) is -1.48. The van der Waals surface area contributed by atoms with Crippen molar-refractivity contribution in [2.24, 2.45) is 0 Å². The van der Waals surface area contributed by atoms with Crippen molar-refractivity contribution in [1.29, 1.82) is 0 Å². The van der Waals surface area contributed by atoms with Crippen LogP contribution < -0.4 is 5.73 Å². The highest BCUT2D eigenvalue weighted by atomic mass is 16.4. The summed E-state index contributed by atoms with van der Waals surface area (Å²) < 4.78 is 0. The molecule has 2 aromatic rings. The fourth-order valence-electron chi connectivity index (χ4n) is 1.22. The summed E-state index contributed by atoms with van der Waals surface area (Å²) in [6.45, 7) is -0.496. The zero-order valence-corrected chi connectivity index (χ0v) is 8.48. The van der Waals surface area contributed by atoms with E-state index in [9.17, 15) is 4.79 Å². The fourth-order valence-corrected chi connectivity index (χ4v) is 1.22. The van der Waals surface area contributed by atoms with Gasteiger partial charge in [0, 0.05) is 0 Å². The Kier molecular flexibility index (Phi) is 2.66. The Morgan fingerprint density at radius 2 is 2.00 bits per heavy atom. The Bertz CT molecular complexity index is 553. The van der Waals surface area contributed by atoms with E-state index in [1.165, 1.54) is 12.4 Å². The Hall–Kier alpha value is -2.55. The lowest BCUT2D eigenvalue weighted by Gasteiger charge is -2.07. The molecule has 2 aromatic heterocycles. The number of carboxylic acids is 1. The van der Waals surface area contributed by atoms with Gasteiger partial charge in [-0.2, -0.15) is 10.2 Å². The first kappa shape index (κ1) is 11.0. The van der Waals surface area contributed by atoms with Gasteiger partial charge in [0.15, 0.2) is 11.5 Å². The lowest BCUT2D eigenvalue weighted by atomic mass is 10.3. The van der Waals surface area contributed by atoms with Crippen LogP contribution in [-0.2, 0) is 6.61 Å². The van der Waals surface area contributed by atoms with Crippen LogP contribution in [0.1, 0.15) is 16.2 Å². The van der Waals surface area contributed by atoms with Crippen LogP contribution in [0.4, 0.5) is 5.82 Å².